The molecular weight excluding hydrogens is 383 g/mol. The van der Waals surface area contributed by atoms with Gasteiger partial charge in [-0.05, 0) is 17.7 Å². The summed E-state index contributed by atoms with van der Waals surface area (Å²) in [6.45, 7) is -0.549. The molecule has 152 valence electrons. The number of fused-ring (bicyclic) bond motifs is 1. The summed E-state index contributed by atoms with van der Waals surface area (Å²) < 4.78 is 28.7. The summed E-state index contributed by atoms with van der Waals surface area (Å²) >= 11 is 0. The fourth-order valence-electron chi connectivity index (χ4n) is 2.96. The molecule has 0 radical (unpaired) electrons. The number of carbonyl (C=O) groups excluding carboxylic acids is 3. The van der Waals surface area contributed by atoms with E-state index >= 15 is 0 Å². The van der Waals surface area contributed by atoms with Crippen LogP contribution in [0.25, 0.3) is 0 Å². The van der Waals surface area contributed by atoms with Crippen LogP contribution in [0.5, 0.6) is 11.5 Å². The highest BCUT2D eigenvalue weighted by Gasteiger charge is 2.32. The molecule has 1 aliphatic rings. The maximum Gasteiger partial charge on any atom is 0.314 e. The van der Waals surface area contributed by atoms with Crippen LogP contribution in [-0.4, -0.2) is 38.6 Å². The first-order valence-corrected chi connectivity index (χ1v) is 8.68. The average Bonchev–Trinajstić information content (AvgIpc) is 2.70. The van der Waals surface area contributed by atoms with Gasteiger partial charge in [0.1, 0.15) is 17.3 Å². The summed E-state index contributed by atoms with van der Waals surface area (Å²) in [6, 6.07) is 8.55. The quantitative estimate of drug-likeness (QED) is 0.720. The molecule has 1 aliphatic heterocycles. The number of ether oxygens (including phenoxy) is 3. The van der Waals surface area contributed by atoms with Crippen LogP contribution in [0.1, 0.15) is 17.9 Å². The minimum absolute atomic E-state index is 0.147. The van der Waals surface area contributed by atoms with Gasteiger partial charge in [-0.3, -0.25) is 14.4 Å². The van der Waals surface area contributed by atoms with E-state index in [0.717, 1.165) is 6.07 Å². The zero-order chi connectivity index (χ0) is 21.0. The Labute approximate surface area is 165 Å². The van der Waals surface area contributed by atoms with Crippen molar-refractivity contribution in [2.75, 3.05) is 31.5 Å². The highest BCUT2D eigenvalue weighted by Crippen LogP contribution is 2.33. The van der Waals surface area contributed by atoms with Gasteiger partial charge in [-0.2, -0.15) is 0 Å². The molecule has 8 nitrogen and oxygen atoms in total. The number of hydrogen-bond donors (Lipinski definition) is 2. The molecule has 0 bridgehead atoms. The Kier molecular flexibility index (Phi) is 5.96. The number of carbonyl (C=O) groups is 3. The molecule has 0 spiro atoms. The van der Waals surface area contributed by atoms with Crippen LogP contribution in [0.15, 0.2) is 36.4 Å². The summed E-state index contributed by atoms with van der Waals surface area (Å²) in [5.41, 5.74) is 1.06. The fraction of sp³-hybridized carbons (Fsp3) is 0.250. The van der Waals surface area contributed by atoms with Crippen LogP contribution >= 0.6 is 0 Å². The van der Waals surface area contributed by atoms with Gasteiger partial charge >= 0.3 is 5.97 Å². The second-order valence-electron chi connectivity index (χ2n) is 6.29. The fourth-order valence-corrected chi connectivity index (χ4v) is 2.96. The zero-order valence-corrected chi connectivity index (χ0v) is 15.8. The van der Waals surface area contributed by atoms with Crippen LogP contribution in [0.2, 0.25) is 0 Å². The van der Waals surface area contributed by atoms with Crippen LogP contribution in [0, 0.1) is 5.82 Å². The van der Waals surface area contributed by atoms with Crippen molar-refractivity contribution in [2.45, 2.75) is 12.3 Å². The maximum atomic E-state index is 13.4. The molecule has 2 aromatic rings. The van der Waals surface area contributed by atoms with E-state index in [1.54, 1.807) is 18.2 Å². The normalized spacial score (nSPS) is 15.0. The molecule has 2 aromatic carbocycles. The van der Waals surface area contributed by atoms with Crippen molar-refractivity contribution in [2.24, 2.45) is 0 Å². The van der Waals surface area contributed by atoms with E-state index in [1.165, 1.54) is 26.4 Å². The smallest absolute Gasteiger partial charge is 0.314 e. The SMILES string of the molecule is COc1cc(NC(=O)COC(=O)C2CC(=O)Nc3cc(F)ccc32)cc(OC)c1. The first-order valence-electron chi connectivity index (χ1n) is 8.68. The second kappa shape index (κ2) is 8.59. The van der Waals surface area contributed by atoms with E-state index in [9.17, 15) is 18.8 Å². The van der Waals surface area contributed by atoms with Crippen molar-refractivity contribution < 1.29 is 33.0 Å². The Morgan fingerprint density at radius 1 is 1.14 bits per heavy atom. The third-order valence-electron chi connectivity index (χ3n) is 4.32. The van der Waals surface area contributed by atoms with Gasteiger partial charge in [0.2, 0.25) is 5.91 Å². The first-order chi connectivity index (χ1) is 13.9. The van der Waals surface area contributed by atoms with Gasteiger partial charge < -0.3 is 24.8 Å². The highest BCUT2D eigenvalue weighted by atomic mass is 19.1. The van der Waals surface area contributed by atoms with Gasteiger partial charge in [0.15, 0.2) is 6.61 Å². The minimum Gasteiger partial charge on any atom is -0.497 e. The number of rotatable bonds is 6. The summed E-state index contributed by atoms with van der Waals surface area (Å²) in [6.07, 6.45) is -0.147. The molecule has 0 aromatic heterocycles. The molecule has 0 fully saturated rings. The number of methoxy groups -OCH3 is 2. The van der Waals surface area contributed by atoms with Crippen LogP contribution in [0.3, 0.4) is 0 Å². The van der Waals surface area contributed by atoms with Crippen molar-refractivity contribution >= 4 is 29.2 Å². The van der Waals surface area contributed by atoms with Crippen molar-refractivity contribution in [1.29, 1.82) is 0 Å². The monoisotopic (exact) mass is 402 g/mol. The molecule has 0 saturated heterocycles. The molecule has 9 heteroatoms. The summed E-state index contributed by atoms with van der Waals surface area (Å²) in [4.78, 5) is 36.4. The third kappa shape index (κ3) is 4.81. The number of benzene rings is 2. The largest absolute Gasteiger partial charge is 0.497 e. The van der Waals surface area contributed by atoms with Gasteiger partial charge in [-0.15, -0.1) is 0 Å². The van der Waals surface area contributed by atoms with Gasteiger partial charge in [0, 0.05) is 36.0 Å². The van der Waals surface area contributed by atoms with E-state index in [4.69, 9.17) is 14.2 Å². The summed E-state index contributed by atoms with van der Waals surface area (Å²) in [5, 5.41) is 5.10. The Morgan fingerprint density at radius 3 is 2.48 bits per heavy atom. The lowest BCUT2D eigenvalue weighted by Gasteiger charge is -2.24. The zero-order valence-electron chi connectivity index (χ0n) is 15.8. The van der Waals surface area contributed by atoms with Crippen molar-refractivity contribution in [3.05, 3.63) is 47.8 Å². The standard InChI is InChI=1S/C20H19FN2O6/c1-27-13-6-12(7-14(8-13)28-2)22-19(25)10-29-20(26)16-9-18(24)23-17-5-11(21)3-4-15(16)17/h3-8,16H,9-10H2,1-2H3,(H,22,25)(H,23,24). The second-order valence-corrected chi connectivity index (χ2v) is 6.29. The van der Waals surface area contributed by atoms with Gasteiger partial charge in [0.05, 0.1) is 20.1 Å². The van der Waals surface area contributed by atoms with Crippen LogP contribution < -0.4 is 20.1 Å². The van der Waals surface area contributed by atoms with E-state index < -0.39 is 36.1 Å². The van der Waals surface area contributed by atoms with Gasteiger partial charge in [-0.1, -0.05) is 6.07 Å². The van der Waals surface area contributed by atoms with Gasteiger partial charge in [0.25, 0.3) is 5.91 Å². The molecule has 0 aliphatic carbocycles. The Morgan fingerprint density at radius 2 is 1.83 bits per heavy atom. The molecule has 2 amide bonds. The molecule has 0 saturated carbocycles. The molecule has 1 atom stereocenters. The molecule has 3 rings (SSSR count). The third-order valence-corrected chi connectivity index (χ3v) is 4.32. The highest BCUT2D eigenvalue weighted by molar-refractivity contribution is 6.00. The Hall–Kier alpha value is -3.62. The van der Waals surface area contributed by atoms with E-state index in [2.05, 4.69) is 10.6 Å². The molecule has 1 unspecified atom stereocenters. The number of halogens is 1. The van der Waals surface area contributed by atoms with Crippen LogP contribution in [-0.2, 0) is 19.1 Å². The van der Waals surface area contributed by atoms with Crippen molar-refractivity contribution in [3.8, 4) is 11.5 Å². The lowest BCUT2D eigenvalue weighted by molar-refractivity contribution is -0.149. The van der Waals surface area contributed by atoms with Crippen molar-refractivity contribution in [1.82, 2.24) is 0 Å². The van der Waals surface area contributed by atoms with E-state index in [-0.39, 0.29) is 12.1 Å². The minimum atomic E-state index is -0.913. The number of nitrogens with one attached hydrogen (secondary N) is 2. The number of anilines is 2. The number of hydrogen-bond acceptors (Lipinski definition) is 6. The number of amides is 2. The summed E-state index contributed by atoms with van der Waals surface area (Å²) in [7, 11) is 2.96. The average molecular weight is 402 g/mol. The van der Waals surface area contributed by atoms with Crippen molar-refractivity contribution in [3.63, 3.8) is 0 Å². The maximum absolute atomic E-state index is 13.4. The summed E-state index contributed by atoms with van der Waals surface area (Å²) in [5.74, 6) is -2.24. The molecular formula is C20H19FN2O6. The Balaban J connectivity index is 1.64. The van der Waals surface area contributed by atoms with E-state index in [0.29, 0.717) is 22.7 Å². The van der Waals surface area contributed by atoms with Gasteiger partial charge in [-0.25, -0.2) is 4.39 Å². The molecule has 1 heterocycles. The lowest BCUT2D eigenvalue weighted by atomic mass is 9.90. The predicted octanol–water partition coefficient (Wildman–Crippen LogP) is 2.45. The number of esters is 1. The predicted molar refractivity (Wildman–Crippen MR) is 102 cm³/mol. The molecule has 2 N–H and O–H groups in total. The van der Waals surface area contributed by atoms with Crippen LogP contribution in [0.4, 0.5) is 15.8 Å². The van der Waals surface area contributed by atoms with E-state index in [1.807, 2.05) is 0 Å². The molecule has 29 heavy (non-hydrogen) atoms. The topological polar surface area (TPSA) is 103 Å². The first kappa shape index (κ1) is 20.1. The lowest BCUT2D eigenvalue weighted by Crippen LogP contribution is -2.30. The Bertz CT molecular complexity index is 940.